The number of anilines is 3. The van der Waals surface area contributed by atoms with Gasteiger partial charge in [0.1, 0.15) is 11.3 Å². The summed E-state index contributed by atoms with van der Waals surface area (Å²) in [5.74, 6) is 0.188. The number of nitrogens with zero attached hydrogens (tertiary/aromatic N) is 1. The molecule has 0 radical (unpaired) electrons. The van der Waals surface area contributed by atoms with E-state index in [0.29, 0.717) is 0 Å². The van der Waals surface area contributed by atoms with Gasteiger partial charge in [0.25, 0.3) is 0 Å². The van der Waals surface area contributed by atoms with E-state index in [2.05, 4.69) is 231 Å². The predicted molar refractivity (Wildman–Crippen MR) is 298 cm³/mol. The second kappa shape index (κ2) is 16.7. The summed E-state index contributed by atoms with van der Waals surface area (Å²) in [6, 6.07) is 84.4. The maximum absolute atomic E-state index is 12.6. The van der Waals surface area contributed by atoms with Crippen LogP contribution in [0, 0.1) is 13.8 Å². The standard InChI is InChI=1S/C66H46BNO2/c1-42-36-43(2)38-46(37-42)67(60-30-16-21-44-20-6-7-22-48(44)60)61-41-59-51-25-9-8-24-50(51)57(40-58(59)52-26-10-11-27-53(52)61)54-35-34-47(39-64(54)69)68(62-31-14-12-23-49(62)45-18-4-3-5-19-45)63-32-17-29-56-55-28-13-15-33-65(55)70-66(56)63/h3-41,69H,1-2H3. The average molecular weight is 896 g/mol. The average Bonchev–Trinajstić information content (AvgIpc) is 3.79. The Hall–Kier alpha value is -8.86. The lowest BCUT2D eigenvalue weighted by molar-refractivity contribution is 0.477. The third-order valence-corrected chi connectivity index (χ3v) is 14.3. The van der Waals surface area contributed by atoms with Crippen molar-refractivity contribution in [1.29, 1.82) is 0 Å². The zero-order valence-corrected chi connectivity index (χ0v) is 38.9. The van der Waals surface area contributed by atoms with E-state index in [1.807, 2.05) is 24.3 Å². The molecule has 4 heteroatoms. The molecule has 0 amide bonds. The number of phenols is 1. The van der Waals surface area contributed by atoms with Gasteiger partial charge in [0.2, 0.25) is 6.71 Å². The number of rotatable bonds is 8. The van der Waals surface area contributed by atoms with Gasteiger partial charge in [-0.1, -0.05) is 222 Å². The molecule has 12 aromatic carbocycles. The van der Waals surface area contributed by atoms with E-state index in [1.165, 1.54) is 54.4 Å². The Kier molecular flexibility index (Phi) is 9.88. The molecule has 0 saturated heterocycles. The largest absolute Gasteiger partial charge is 0.507 e. The number of hydrogen-bond acceptors (Lipinski definition) is 3. The molecule has 0 aliphatic rings. The molecule has 1 N–H and O–H groups in total. The van der Waals surface area contributed by atoms with Crippen molar-refractivity contribution in [1.82, 2.24) is 0 Å². The van der Waals surface area contributed by atoms with Gasteiger partial charge in [-0.2, -0.15) is 0 Å². The minimum absolute atomic E-state index is 0.0330. The number of phenolic OH excluding ortho intramolecular Hbond substituents is 1. The van der Waals surface area contributed by atoms with Crippen LogP contribution >= 0.6 is 0 Å². The molecule has 13 aromatic rings. The van der Waals surface area contributed by atoms with Gasteiger partial charge in [0, 0.05) is 28.0 Å². The molecule has 3 nitrogen and oxygen atoms in total. The van der Waals surface area contributed by atoms with Crippen molar-refractivity contribution in [2.75, 3.05) is 4.90 Å². The summed E-state index contributed by atoms with van der Waals surface area (Å²) < 4.78 is 6.70. The summed E-state index contributed by atoms with van der Waals surface area (Å²) in [5, 5.41) is 24.1. The number of furan rings is 1. The fraction of sp³-hybridized carbons (Fsp3) is 0.0303. The van der Waals surface area contributed by atoms with E-state index >= 15 is 0 Å². The SMILES string of the molecule is Cc1cc(C)cc(B(c2cccc3ccccc23)c2cc3c4ccccc4c(-c4ccc(N(c5ccccc5-c5ccccc5)c5cccc6c5oc5ccccc56)cc4O)cc3c3ccccc23)c1. The summed E-state index contributed by atoms with van der Waals surface area (Å²) in [7, 11) is 0. The van der Waals surface area contributed by atoms with E-state index in [4.69, 9.17) is 4.42 Å². The lowest BCUT2D eigenvalue weighted by atomic mass is 9.35. The van der Waals surface area contributed by atoms with Gasteiger partial charge < -0.3 is 14.4 Å². The highest BCUT2D eigenvalue weighted by Crippen LogP contribution is 2.48. The Morgan fingerprint density at radius 3 is 1.79 bits per heavy atom. The molecule has 0 spiro atoms. The Bertz CT molecular complexity index is 4170. The summed E-state index contributed by atoms with van der Waals surface area (Å²) in [6.45, 7) is 4.37. The quantitative estimate of drug-likeness (QED) is 0.122. The second-order valence-corrected chi connectivity index (χ2v) is 18.7. The van der Waals surface area contributed by atoms with Crippen molar-refractivity contribution in [2.24, 2.45) is 0 Å². The summed E-state index contributed by atoms with van der Waals surface area (Å²) in [5.41, 5.74) is 14.5. The Labute approximate surface area is 407 Å². The fourth-order valence-electron chi connectivity index (χ4n) is 11.4. The molecule has 330 valence electrons. The van der Waals surface area contributed by atoms with Crippen LogP contribution < -0.4 is 21.3 Å². The van der Waals surface area contributed by atoms with Crippen LogP contribution in [0.2, 0.25) is 0 Å². The summed E-state index contributed by atoms with van der Waals surface area (Å²) in [6.07, 6.45) is 0. The third kappa shape index (κ3) is 6.83. The smallest absolute Gasteiger partial charge is 0.242 e. The van der Waals surface area contributed by atoms with E-state index in [0.717, 1.165) is 77.4 Å². The van der Waals surface area contributed by atoms with Crippen LogP contribution in [0.3, 0.4) is 0 Å². The van der Waals surface area contributed by atoms with Gasteiger partial charge in [-0.3, -0.25) is 0 Å². The zero-order chi connectivity index (χ0) is 46.9. The molecule has 1 aromatic heterocycles. The van der Waals surface area contributed by atoms with Crippen LogP contribution in [0.15, 0.2) is 241 Å². The summed E-state index contributed by atoms with van der Waals surface area (Å²) in [4.78, 5) is 2.23. The fourth-order valence-corrected chi connectivity index (χ4v) is 11.4. The highest BCUT2D eigenvalue weighted by atomic mass is 16.3. The highest BCUT2D eigenvalue weighted by Gasteiger charge is 2.28. The van der Waals surface area contributed by atoms with Crippen molar-refractivity contribution in [3.05, 3.63) is 248 Å². The third-order valence-electron chi connectivity index (χ3n) is 14.3. The number of aryl methyl sites for hydroxylation is 2. The van der Waals surface area contributed by atoms with Gasteiger partial charge in [0.15, 0.2) is 5.58 Å². The topological polar surface area (TPSA) is 36.6 Å². The maximum atomic E-state index is 12.6. The van der Waals surface area contributed by atoms with Crippen LogP contribution in [-0.4, -0.2) is 11.8 Å². The first-order chi connectivity index (χ1) is 34.5. The second-order valence-electron chi connectivity index (χ2n) is 18.7. The van der Waals surface area contributed by atoms with Crippen LogP contribution in [0.5, 0.6) is 5.75 Å². The molecule has 0 aliphatic heterocycles. The van der Waals surface area contributed by atoms with E-state index in [1.54, 1.807) is 0 Å². The van der Waals surface area contributed by atoms with Crippen molar-refractivity contribution in [3.8, 4) is 28.0 Å². The Morgan fingerprint density at radius 2 is 0.986 bits per heavy atom. The van der Waals surface area contributed by atoms with Crippen LogP contribution in [-0.2, 0) is 0 Å². The number of para-hydroxylation sites is 3. The number of fused-ring (bicyclic) bond motifs is 9. The molecule has 0 fully saturated rings. The molecular weight excluding hydrogens is 850 g/mol. The van der Waals surface area contributed by atoms with Crippen molar-refractivity contribution in [2.45, 2.75) is 13.8 Å². The molecular formula is C66H46BNO2. The first kappa shape index (κ1) is 41.3. The predicted octanol–water partition coefficient (Wildman–Crippen LogP) is 15.8. The molecule has 13 rings (SSSR count). The van der Waals surface area contributed by atoms with Crippen molar-refractivity contribution >= 4 is 105 Å². The minimum Gasteiger partial charge on any atom is -0.507 e. The van der Waals surface area contributed by atoms with Gasteiger partial charge in [0.05, 0.1) is 17.1 Å². The van der Waals surface area contributed by atoms with Crippen LogP contribution in [0.4, 0.5) is 17.1 Å². The van der Waals surface area contributed by atoms with Gasteiger partial charge in [-0.15, -0.1) is 0 Å². The van der Waals surface area contributed by atoms with Crippen LogP contribution in [0.25, 0.3) is 87.3 Å². The molecule has 0 unspecified atom stereocenters. The Morgan fingerprint density at radius 1 is 0.386 bits per heavy atom. The molecule has 70 heavy (non-hydrogen) atoms. The number of aromatic hydroxyl groups is 1. The number of benzene rings is 12. The lowest BCUT2D eigenvalue weighted by Crippen LogP contribution is -2.52. The van der Waals surface area contributed by atoms with Gasteiger partial charge in [-0.05, 0) is 104 Å². The zero-order valence-electron chi connectivity index (χ0n) is 38.9. The lowest BCUT2D eigenvalue weighted by Gasteiger charge is -2.28. The summed E-state index contributed by atoms with van der Waals surface area (Å²) >= 11 is 0. The number of hydrogen-bond donors (Lipinski definition) is 1. The molecule has 0 atom stereocenters. The normalized spacial score (nSPS) is 11.6. The first-order valence-corrected chi connectivity index (χ1v) is 24.1. The van der Waals surface area contributed by atoms with E-state index in [9.17, 15) is 5.11 Å². The maximum Gasteiger partial charge on any atom is 0.242 e. The monoisotopic (exact) mass is 895 g/mol. The molecule has 0 aliphatic carbocycles. The van der Waals surface area contributed by atoms with E-state index in [-0.39, 0.29) is 12.5 Å². The first-order valence-electron chi connectivity index (χ1n) is 24.1. The van der Waals surface area contributed by atoms with Gasteiger partial charge in [-0.25, -0.2) is 0 Å². The molecule has 1 heterocycles. The minimum atomic E-state index is -0.0330. The highest BCUT2D eigenvalue weighted by molar-refractivity contribution is 6.98. The van der Waals surface area contributed by atoms with Gasteiger partial charge >= 0.3 is 0 Å². The Balaban J connectivity index is 1.03. The van der Waals surface area contributed by atoms with Crippen molar-refractivity contribution < 1.29 is 9.52 Å². The molecule has 0 saturated carbocycles. The van der Waals surface area contributed by atoms with E-state index < -0.39 is 0 Å². The van der Waals surface area contributed by atoms with Crippen LogP contribution in [0.1, 0.15) is 11.1 Å². The molecule has 0 bridgehead atoms. The van der Waals surface area contributed by atoms with Crippen molar-refractivity contribution in [3.63, 3.8) is 0 Å².